The Labute approximate surface area is 176 Å². The van der Waals surface area contributed by atoms with E-state index < -0.39 is 0 Å². The zero-order valence-electron chi connectivity index (χ0n) is 16.9. The molecule has 1 saturated heterocycles. The summed E-state index contributed by atoms with van der Waals surface area (Å²) in [6.45, 7) is 1.40. The Morgan fingerprint density at radius 2 is 1.73 bits per heavy atom. The van der Waals surface area contributed by atoms with E-state index in [1.807, 2.05) is 54.6 Å². The highest BCUT2D eigenvalue weighted by atomic mass is 19.1. The molecule has 0 saturated carbocycles. The van der Waals surface area contributed by atoms with E-state index in [0.717, 1.165) is 23.5 Å². The molecular weight excluding hydrogens is 379 g/mol. The molecule has 3 aromatic rings. The number of hydrogen-bond donors (Lipinski definition) is 1. The summed E-state index contributed by atoms with van der Waals surface area (Å²) in [7, 11) is 1.61. The molecular formula is C25H25FN2O2. The molecule has 4 nitrogen and oxygen atoms in total. The number of methoxy groups -OCH3 is 1. The number of carbonyl (C=O) groups excluding carboxylic acids is 1. The second-order valence-electron chi connectivity index (χ2n) is 7.63. The fraction of sp³-hybridized carbons (Fsp3) is 0.240. The number of nitrogens with one attached hydrogen (secondary N) is 1. The lowest BCUT2D eigenvalue weighted by Crippen LogP contribution is -2.27. The minimum absolute atomic E-state index is 0.00263. The van der Waals surface area contributed by atoms with E-state index in [2.05, 4.69) is 22.3 Å². The third kappa shape index (κ3) is 4.69. The molecule has 30 heavy (non-hydrogen) atoms. The average molecular weight is 404 g/mol. The van der Waals surface area contributed by atoms with E-state index in [-0.39, 0.29) is 23.7 Å². The van der Waals surface area contributed by atoms with Gasteiger partial charge in [0.05, 0.1) is 13.0 Å². The SMILES string of the molecule is COc1ccc(NC(=O)[C@@H]2C[C@@H](c3ccc(F)cc3)N(Cc3ccccc3)C2)cc1. The number of hydrogen-bond acceptors (Lipinski definition) is 3. The Balaban J connectivity index is 1.51. The monoisotopic (exact) mass is 404 g/mol. The van der Waals surface area contributed by atoms with Gasteiger partial charge in [0.1, 0.15) is 11.6 Å². The smallest absolute Gasteiger partial charge is 0.228 e. The Kier molecular flexibility index (Phi) is 6.10. The summed E-state index contributed by atoms with van der Waals surface area (Å²) < 4.78 is 18.6. The lowest BCUT2D eigenvalue weighted by Gasteiger charge is -2.24. The van der Waals surface area contributed by atoms with Crippen LogP contribution in [0.5, 0.6) is 5.75 Å². The molecule has 0 spiro atoms. The van der Waals surface area contributed by atoms with E-state index in [1.54, 1.807) is 7.11 Å². The van der Waals surface area contributed by atoms with Crippen molar-refractivity contribution >= 4 is 11.6 Å². The summed E-state index contributed by atoms with van der Waals surface area (Å²) in [6, 6.07) is 24.2. The quantitative estimate of drug-likeness (QED) is 0.626. The Morgan fingerprint density at radius 3 is 2.40 bits per heavy atom. The molecule has 1 amide bonds. The van der Waals surface area contributed by atoms with E-state index in [4.69, 9.17) is 4.74 Å². The van der Waals surface area contributed by atoms with Crippen molar-refractivity contribution in [1.82, 2.24) is 4.90 Å². The number of halogens is 1. The molecule has 1 fully saturated rings. The molecule has 0 aliphatic carbocycles. The summed E-state index contributed by atoms with van der Waals surface area (Å²) in [6.07, 6.45) is 0.695. The highest BCUT2D eigenvalue weighted by Crippen LogP contribution is 2.37. The molecule has 2 atom stereocenters. The van der Waals surface area contributed by atoms with Gasteiger partial charge in [-0.3, -0.25) is 9.69 Å². The van der Waals surface area contributed by atoms with Crippen molar-refractivity contribution in [2.24, 2.45) is 5.92 Å². The van der Waals surface area contributed by atoms with Gasteiger partial charge in [-0.1, -0.05) is 42.5 Å². The second-order valence-corrected chi connectivity index (χ2v) is 7.63. The number of rotatable bonds is 6. The van der Waals surface area contributed by atoms with Gasteiger partial charge in [0, 0.05) is 24.8 Å². The summed E-state index contributed by atoms with van der Waals surface area (Å²) in [5.41, 5.74) is 2.98. The van der Waals surface area contributed by atoms with Gasteiger partial charge < -0.3 is 10.1 Å². The van der Waals surface area contributed by atoms with E-state index in [0.29, 0.717) is 13.0 Å². The van der Waals surface area contributed by atoms with Crippen LogP contribution in [-0.4, -0.2) is 24.5 Å². The summed E-state index contributed by atoms with van der Waals surface area (Å²) in [4.78, 5) is 15.3. The number of carbonyl (C=O) groups is 1. The fourth-order valence-electron chi connectivity index (χ4n) is 4.04. The molecule has 5 heteroatoms. The normalized spacial score (nSPS) is 18.9. The highest BCUT2D eigenvalue weighted by Gasteiger charge is 2.36. The van der Waals surface area contributed by atoms with Crippen molar-refractivity contribution < 1.29 is 13.9 Å². The molecule has 1 N–H and O–H groups in total. The van der Waals surface area contributed by atoms with Crippen LogP contribution in [0.25, 0.3) is 0 Å². The minimum atomic E-state index is -0.250. The second kappa shape index (κ2) is 9.09. The van der Waals surface area contributed by atoms with Crippen molar-refractivity contribution in [3.05, 3.63) is 95.8 Å². The van der Waals surface area contributed by atoms with Crippen molar-refractivity contribution in [2.45, 2.75) is 19.0 Å². The molecule has 154 valence electrons. The Hall–Kier alpha value is -3.18. The van der Waals surface area contributed by atoms with Crippen LogP contribution in [0.15, 0.2) is 78.9 Å². The van der Waals surface area contributed by atoms with Crippen molar-refractivity contribution in [1.29, 1.82) is 0 Å². The number of ether oxygens (including phenoxy) is 1. The maximum absolute atomic E-state index is 13.4. The van der Waals surface area contributed by atoms with Gasteiger partial charge in [-0.15, -0.1) is 0 Å². The van der Waals surface area contributed by atoms with Crippen molar-refractivity contribution in [3.8, 4) is 5.75 Å². The Morgan fingerprint density at radius 1 is 1.03 bits per heavy atom. The van der Waals surface area contributed by atoms with Crippen LogP contribution in [0.2, 0.25) is 0 Å². The summed E-state index contributed by atoms with van der Waals surface area (Å²) in [5.74, 6) is 0.355. The standard InChI is InChI=1S/C25H25FN2O2/c1-30-23-13-11-22(12-14-23)27-25(29)20-15-24(19-7-9-21(26)10-8-19)28(17-20)16-18-5-3-2-4-6-18/h2-14,20,24H,15-17H2,1H3,(H,27,29)/t20-,24+/m1/s1. The number of nitrogens with zero attached hydrogens (tertiary/aromatic N) is 1. The van der Waals surface area contributed by atoms with Gasteiger partial charge in [0.2, 0.25) is 5.91 Å². The molecule has 0 bridgehead atoms. The molecule has 1 aliphatic heterocycles. The van der Waals surface area contributed by atoms with Gasteiger partial charge in [-0.05, 0) is 53.9 Å². The van der Waals surface area contributed by atoms with Crippen LogP contribution in [0, 0.1) is 11.7 Å². The third-order valence-electron chi connectivity index (χ3n) is 5.62. The number of amides is 1. The maximum Gasteiger partial charge on any atom is 0.228 e. The van der Waals surface area contributed by atoms with Crippen molar-refractivity contribution in [3.63, 3.8) is 0 Å². The largest absolute Gasteiger partial charge is 0.497 e. The molecule has 1 aliphatic rings. The average Bonchev–Trinajstić information content (AvgIpc) is 3.19. The van der Waals surface area contributed by atoms with Gasteiger partial charge in [0.25, 0.3) is 0 Å². The van der Waals surface area contributed by atoms with Gasteiger partial charge >= 0.3 is 0 Å². The van der Waals surface area contributed by atoms with Gasteiger partial charge in [-0.25, -0.2) is 4.39 Å². The molecule has 1 heterocycles. The summed E-state index contributed by atoms with van der Waals surface area (Å²) in [5, 5.41) is 3.02. The predicted molar refractivity (Wildman–Crippen MR) is 116 cm³/mol. The number of likely N-dealkylation sites (tertiary alicyclic amines) is 1. The summed E-state index contributed by atoms with van der Waals surface area (Å²) >= 11 is 0. The number of anilines is 1. The highest BCUT2D eigenvalue weighted by molar-refractivity contribution is 5.93. The van der Waals surface area contributed by atoms with Crippen LogP contribution in [0.4, 0.5) is 10.1 Å². The minimum Gasteiger partial charge on any atom is -0.497 e. The molecule has 0 unspecified atom stereocenters. The molecule has 3 aromatic carbocycles. The first kappa shape index (κ1) is 20.1. The zero-order valence-corrected chi connectivity index (χ0v) is 16.9. The third-order valence-corrected chi connectivity index (χ3v) is 5.62. The zero-order chi connectivity index (χ0) is 20.9. The van der Waals surface area contributed by atoms with Crippen LogP contribution in [0.1, 0.15) is 23.6 Å². The van der Waals surface area contributed by atoms with Crippen LogP contribution >= 0.6 is 0 Å². The lowest BCUT2D eigenvalue weighted by molar-refractivity contribution is -0.119. The fourth-order valence-corrected chi connectivity index (χ4v) is 4.04. The maximum atomic E-state index is 13.4. The lowest BCUT2D eigenvalue weighted by atomic mass is 9.99. The van der Waals surface area contributed by atoms with E-state index >= 15 is 0 Å². The number of benzene rings is 3. The van der Waals surface area contributed by atoms with Crippen LogP contribution in [0.3, 0.4) is 0 Å². The first-order chi connectivity index (χ1) is 14.6. The van der Waals surface area contributed by atoms with Crippen LogP contribution in [-0.2, 0) is 11.3 Å². The molecule has 4 rings (SSSR count). The first-order valence-electron chi connectivity index (χ1n) is 10.1. The van der Waals surface area contributed by atoms with E-state index in [9.17, 15) is 9.18 Å². The van der Waals surface area contributed by atoms with Crippen LogP contribution < -0.4 is 10.1 Å². The Bertz CT molecular complexity index is 974. The van der Waals surface area contributed by atoms with E-state index in [1.165, 1.54) is 17.7 Å². The van der Waals surface area contributed by atoms with Gasteiger partial charge in [0.15, 0.2) is 0 Å². The first-order valence-corrected chi connectivity index (χ1v) is 10.1. The molecule has 0 radical (unpaired) electrons. The van der Waals surface area contributed by atoms with Gasteiger partial charge in [-0.2, -0.15) is 0 Å². The molecule has 0 aromatic heterocycles. The van der Waals surface area contributed by atoms with Crippen molar-refractivity contribution in [2.75, 3.05) is 19.0 Å². The topological polar surface area (TPSA) is 41.6 Å². The predicted octanol–water partition coefficient (Wildman–Crippen LogP) is 5.04.